The number of rotatable bonds is 2. The second kappa shape index (κ2) is 6.38. The Kier molecular flexibility index (Phi) is 4.28. The first kappa shape index (κ1) is 16.1. The zero-order valence-electron chi connectivity index (χ0n) is 12.2. The molecule has 2 N–H and O–H groups in total. The van der Waals surface area contributed by atoms with Gasteiger partial charge < -0.3 is 5.73 Å². The minimum absolute atomic E-state index is 0.00311. The van der Waals surface area contributed by atoms with E-state index in [2.05, 4.69) is 20.9 Å². The minimum atomic E-state index is -0.765. The summed E-state index contributed by atoms with van der Waals surface area (Å²) in [6.07, 6.45) is 0. The second-order valence-electron chi connectivity index (χ2n) is 5.06. The van der Waals surface area contributed by atoms with Crippen molar-refractivity contribution in [1.82, 2.24) is 4.98 Å². The van der Waals surface area contributed by atoms with Crippen LogP contribution in [0.2, 0.25) is 0 Å². The van der Waals surface area contributed by atoms with Gasteiger partial charge in [0.2, 0.25) is 0 Å². The van der Waals surface area contributed by atoms with Crippen LogP contribution in [0.15, 0.2) is 53.0 Å². The van der Waals surface area contributed by atoms with Crippen LogP contribution in [-0.4, -0.2) is 4.98 Å². The molecule has 3 aromatic rings. The molecule has 0 atom stereocenters. The van der Waals surface area contributed by atoms with Gasteiger partial charge in [0.1, 0.15) is 29.1 Å². The van der Waals surface area contributed by atoms with Gasteiger partial charge in [0.15, 0.2) is 0 Å². The van der Waals surface area contributed by atoms with Gasteiger partial charge in [0, 0.05) is 27.2 Å². The van der Waals surface area contributed by atoms with Gasteiger partial charge in [-0.05, 0) is 30.3 Å². The fraction of sp³-hybridized carbons (Fsp3) is 0. The smallest absolute Gasteiger partial charge is 0.142 e. The van der Waals surface area contributed by atoms with Crippen molar-refractivity contribution >= 4 is 21.7 Å². The number of hydrogen-bond donors (Lipinski definition) is 1. The minimum Gasteiger partial charge on any atom is -0.383 e. The van der Waals surface area contributed by atoms with Crippen LogP contribution in [-0.2, 0) is 0 Å². The highest BCUT2D eigenvalue weighted by atomic mass is 79.9. The molecular weight excluding hydrogens is 376 g/mol. The van der Waals surface area contributed by atoms with Crippen molar-refractivity contribution in [3.8, 4) is 28.5 Å². The highest BCUT2D eigenvalue weighted by Gasteiger charge is 2.16. The Morgan fingerprint density at radius 3 is 2.33 bits per heavy atom. The maximum atomic E-state index is 14.2. The molecule has 0 saturated heterocycles. The number of pyridine rings is 1. The summed E-state index contributed by atoms with van der Waals surface area (Å²) in [6.45, 7) is 0. The average Bonchev–Trinajstić information content (AvgIpc) is 2.55. The third-order valence-corrected chi connectivity index (χ3v) is 4.05. The van der Waals surface area contributed by atoms with Crippen LogP contribution in [0.3, 0.4) is 0 Å². The normalized spacial score (nSPS) is 10.4. The van der Waals surface area contributed by atoms with E-state index in [1.54, 1.807) is 6.07 Å². The summed E-state index contributed by atoms with van der Waals surface area (Å²) in [4.78, 5) is 4.22. The largest absolute Gasteiger partial charge is 0.383 e. The van der Waals surface area contributed by atoms with Crippen LogP contribution < -0.4 is 5.73 Å². The SMILES string of the molecule is N#Cc1c(-c2ccc(F)cc2F)cc(-c2ccc(Br)cc2)nc1N. The van der Waals surface area contributed by atoms with E-state index in [-0.39, 0.29) is 22.5 Å². The molecule has 24 heavy (non-hydrogen) atoms. The van der Waals surface area contributed by atoms with E-state index in [1.165, 1.54) is 6.07 Å². The molecule has 118 valence electrons. The first-order chi connectivity index (χ1) is 11.5. The molecule has 0 aliphatic carbocycles. The van der Waals surface area contributed by atoms with Crippen molar-refractivity contribution in [3.63, 3.8) is 0 Å². The standard InChI is InChI=1S/C18H10BrF2N3/c19-11-3-1-10(2-4-11)17-8-14(15(9-22)18(23)24-17)13-6-5-12(20)7-16(13)21/h1-8H,(H2,23,24). The molecule has 0 saturated carbocycles. The van der Waals surface area contributed by atoms with Gasteiger partial charge in [-0.2, -0.15) is 5.26 Å². The first-order valence-corrected chi connectivity index (χ1v) is 7.71. The van der Waals surface area contributed by atoms with Gasteiger partial charge in [-0.3, -0.25) is 0 Å². The van der Waals surface area contributed by atoms with Crippen LogP contribution in [0.25, 0.3) is 22.4 Å². The van der Waals surface area contributed by atoms with Crippen LogP contribution in [0.4, 0.5) is 14.6 Å². The van der Waals surface area contributed by atoms with E-state index >= 15 is 0 Å². The Hall–Kier alpha value is -2.78. The van der Waals surface area contributed by atoms with Gasteiger partial charge in [0.05, 0.1) is 5.69 Å². The van der Waals surface area contributed by atoms with E-state index in [9.17, 15) is 14.0 Å². The molecule has 6 heteroatoms. The van der Waals surface area contributed by atoms with E-state index < -0.39 is 11.6 Å². The van der Waals surface area contributed by atoms with Crippen molar-refractivity contribution in [2.24, 2.45) is 0 Å². The van der Waals surface area contributed by atoms with Gasteiger partial charge in [0.25, 0.3) is 0 Å². The van der Waals surface area contributed by atoms with Gasteiger partial charge in [-0.15, -0.1) is 0 Å². The van der Waals surface area contributed by atoms with Crippen molar-refractivity contribution in [3.05, 3.63) is 70.2 Å². The van der Waals surface area contributed by atoms with Gasteiger partial charge in [-0.25, -0.2) is 13.8 Å². The van der Waals surface area contributed by atoms with Gasteiger partial charge >= 0.3 is 0 Å². The summed E-state index contributed by atoms with van der Waals surface area (Å²) in [5.74, 6) is -1.46. The molecule has 0 aliphatic heterocycles. The van der Waals surface area contributed by atoms with Gasteiger partial charge in [-0.1, -0.05) is 28.1 Å². The quantitative estimate of drug-likeness (QED) is 0.681. The van der Waals surface area contributed by atoms with Crippen molar-refractivity contribution in [2.75, 3.05) is 5.73 Å². The molecule has 2 aromatic carbocycles. The third-order valence-electron chi connectivity index (χ3n) is 3.52. The summed E-state index contributed by atoms with van der Waals surface area (Å²) in [7, 11) is 0. The third kappa shape index (κ3) is 2.99. The zero-order valence-corrected chi connectivity index (χ0v) is 13.8. The Labute approximate surface area is 145 Å². The molecule has 1 heterocycles. The van der Waals surface area contributed by atoms with Crippen LogP contribution >= 0.6 is 15.9 Å². The second-order valence-corrected chi connectivity index (χ2v) is 5.97. The number of nitrogens with two attached hydrogens (primary N) is 1. The van der Waals surface area contributed by atoms with E-state index in [1.807, 2.05) is 30.3 Å². The lowest BCUT2D eigenvalue weighted by Gasteiger charge is -2.11. The summed E-state index contributed by atoms with van der Waals surface area (Å²) in [5.41, 5.74) is 7.57. The van der Waals surface area contributed by atoms with E-state index in [0.717, 1.165) is 22.2 Å². The maximum Gasteiger partial charge on any atom is 0.142 e. The molecule has 0 bridgehead atoms. The summed E-state index contributed by atoms with van der Waals surface area (Å²) >= 11 is 3.35. The van der Waals surface area contributed by atoms with E-state index in [0.29, 0.717) is 5.69 Å². The molecule has 0 unspecified atom stereocenters. The topological polar surface area (TPSA) is 62.7 Å². The number of benzene rings is 2. The predicted octanol–water partition coefficient (Wildman–Crippen LogP) is 4.91. The molecule has 1 aromatic heterocycles. The number of nitrogen functional groups attached to an aromatic ring is 1. The Morgan fingerprint density at radius 2 is 1.71 bits per heavy atom. The van der Waals surface area contributed by atoms with E-state index in [4.69, 9.17) is 5.73 Å². The Bertz CT molecular complexity index is 963. The van der Waals surface area contributed by atoms with Crippen LogP contribution in [0, 0.1) is 23.0 Å². The monoisotopic (exact) mass is 385 g/mol. The molecule has 3 rings (SSSR count). The molecule has 0 fully saturated rings. The molecule has 0 aliphatic rings. The van der Waals surface area contributed by atoms with Crippen LogP contribution in [0.5, 0.6) is 0 Å². The van der Waals surface area contributed by atoms with Crippen molar-refractivity contribution in [1.29, 1.82) is 5.26 Å². The number of aromatic nitrogens is 1. The lowest BCUT2D eigenvalue weighted by molar-refractivity contribution is 0.585. The van der Waals surface area contributed by atoms with Crippen LogP contribution in [0.1, 0.15) is 5.56 Å². The highest BCUT2D eigenvalue weighted by Crippen LogP contribution is 2.33. The fourth-order valence-electron chi connectivity index (χ4n) is 2.37. The molecule has 0 radical (unpaired) electrons. The lowest BCUT2D eigenvalue weighted by atomic mass is 9.98. The summed E-state index contributed by atoms with van der Waals surface area (Å²) in [5, 5.41) is 9.33. The molecule has 0 amide bonds. The maximum absolute atomic E-state index is 14.2. The zero-order chi connectivity index (χ0) is 17.3. The lowest BCUT2D eigenvalue weighted by Crippen LogP contribution is -2.00. The number of anilines is 1. The van der Waals surface area contributed by atoms with Crippen molar-refractivity contribution < 1.29 is 8.78 Å². The highest BCUT2D eigenvalue weighted by molar-refractivity contribution is 9.10. The van der Waals surface area contributed by atoms with Crippen molar-refractivity contribution in [2.45, 2.75) is 0 Å². The number of hydrogen-bond acceptors (Lipinski definition) is 3. The predicted molar refractivity (Wildman–Crippen MR) is 91.9 cm³/mol. The summed E-state index contributed by atoms with van der Waals surface area (Å²) in [6, 6.07) is 14.0. The number of halogens is 3. The molecule has 0 spiro atoms. The Balaban J connectivity index is 2.24. The number of nitriles is 1. The number of nitrogens with zero attached hydrogens (tertiary/aromatic N) is 2. The first-order valence-electron chi connectivity index (χ1n) is 6.91. The summed E-state index contributed by atoms with van der Waals surface area (Å²) < 4.78 is 28.2. The Morgan fingerprint density at radius 1 is 1.00 bits per heavy atom. The fourth-order valence-corrected chi connectivity index (χ4v) is 2.64. The average molecular weight is 386 g/mol. The molecule has 3 nitrogen and oxygen atoms in total. The molecular formula is C18H10BrF2N3.